The third-order valence-corrected chi connectivity index (χ3v) is 12.3. The molecule has 59 heavy (non-hydrogen) atoms. The topological polar surface area (TPSA) is 56.7 Å². The average Bonchev–Trinajstić information content (AvgIpc) is 3.91. The molecule has 0 unspecified atom stereocenters. The molecule has 3 aromatic heterocycles. The first-order valence-corrected chi connectivity index (χ1v) is 20.1. The predicted molar refractivity (Wildman–Crippen MR) is 241 cm³/mol. The number of para-hydroxylation sites is 2. The third kappa shape index (κ3) is 5.08. The Labute approximate surface area is 340 Å². The van der Waals surface area contributed by atoms with E-state index in [2.05, 4.69) is 152 Å². The van der Waals surface area contributed by atoms with Gasteiger partial charge in [-0.15, -0.1) is 0 Å². The molecular weight excluding hydrogens is 721 g/mol. The van der Waals surface area contributed by atoms with E-state index < -0.39 is 0 Å². The summed E-state index contributed by atoms with van der Waals surface area (Å²) in [6.45, 7) is 4.69. The Morgan fingerprint density at radius 2 is 1.05 bits per heavy atom. The molecule has 0 saturated carbocycles. The standard InChI is InChI=1S/C54H36N4O/c1-54(2)44-24-12-9-20-37(44)41-31-42-38-21-10-13-25-46(38)58(47(42)32-45(41)54)35-28-29-36(33-16-5-3-6-17-33)43(30-35)53-56-51(34-18-7-4-8-19-34)55-52(57-53)40-23-15-27-49-50(40)39-22-11-14-26-48(39)59-49/h3-32H,1-2H3. The van der Waals surface area contributed by atoms with Gasteiger partial charge in [0.2, 0.25) is 0 Å². The molecular formula is C54H36N4O. The number of furan rings is 1. The molecule has 1 aliphatic rings. The Hall–Kier alpha value is -7.63. The summed E-state index contributed by atoms with van der Waals surface area (Å²) in [5.74, 6) is 1.79. The molecule has 12 rings (SSSR count). The molecule has 0 saturated heterocycles. The second kappa shape index (κ2) is 12.7. The Morgan fingerprint density at radius 3 is 1.88 bits per heavy atom. The summed E-state index contributed by atoms with van der Waals surface area (Å²) in [7, 11) is 0. The van der Waals surface area contributed by atoms with Crippen LogP contribution in [0, 0.1) is 0 Å². The van der Waals surface area contributed by atoms with E-state index in [1.807, 2.05) is 48.5 Å². The zero-order chi connectivity index (χ0) is 39.2. The quantitative estimate of drug-likeness (QED) is 0.175. The SMILES string of the molecule is CC1(C)c2ccccc2-c2cc3c4ccccc4n(-c4ccc(-c5ccccc5)c(-c5nc(-c6ccccc6)nc(-c6cccc7oc8ccccc8c67)n5)c4)c3cc21. The zero-order valence-corrected chi connectivity index (χ0v) is 32.5. The fourth-order valence-electron chi connectivity index (χ4n) is 9.46. The second-order valence-corrected chi connectivity index (χ2v) is 16.0. The number of aromatic nitrogens is 4. The van der Waals surface area contributed by atoms with Gasteiger partial charge >= 0.3 is 0 Å². The van der Waals surface area contributed by atoms with Crippen molar-refractivity contribution in [3.63, 3.8) is 0 Å². The van der Waals surface area contributed by atoms with Crippen molar-refractivity contribution in [3.8, 4) is 62.1 Å². The Morgan fingerprint density at radius 1 is 0.407 bits per heavy atom. The molecule has 5 heteroatoms. The van der Waals surface area contributed by atoms with Gasteiger partial charge < -0.3 is 8.98 Å². The fourth-order valence-corrected chi connectivity index (χ4v) is 9.46. The highest BCUT2D eigenvalue weighted by Gasteiger charge is 2.36. The summed E-state index contributed by atoms with van der Waals surface area (Å²) in [6.07, 6.45) is 0. The van der Waals surface area contributed by atoms with E-state index in [4.69, 9.17) is 19.4 Å². The summed E-state index contributed by atoms with van der Waals surface area (Å²) in [5.41, 5.74) is 15.0. The van der Waals surface area contributed by atoms with E-state index in [0.717, 1.165) is 61.0 Å². The van der Waals surface area contributed by atoms with Crippen molar-refractivity contribution >= 4 is 43.7 Å². The molecule has 8 aromatic carbocycles. The van der Waals surface area contributed by atoms with Crippen molar-refractivity contribution in [2.45, 2.75) is 19.3 Å². The van der Waals surface area contributed by atoms with Gasteiger partial charge in [0.25, 0.3) is 0 Å². The van der Waals surface area contributed by atoms with Gasteiger partial charge in [0.1, 0.15) is 11.2 Å². The van der Waals surface area contributed by atoms with Gasteiger partial charge in [-0.3, -0.25) is 0 Å². The minimum atomic E-state index is -0.137. The van der Waals surface area contributed by atoms with Gasteiger partial charge in [-0.1, -0.05) is 153 Å². The average molecular weight is 757 g/mol. The van der Waals surface area contributed by atoms with Crippen LogP contribution in [0.15, 0.2) is 186 Å². The van der Waals surface area contributed by atoms with E-state index in [1.165, 1.54) is 38.5 Å². The van der Waals surface area contributed by atoms with Crippen LogP contribution in [0.3, 0.4) is 0 Å². The molecule has 3 heterocycles. The molecule has 0 bridgehead atoms. The smallest absolute Gasteiger partial charge is 0.164 e. The van der Waals surface area contributed by atoms with Crippen LogP contribution in [0.5, 0.6) is 0 Å². The lowest BCUT2D eigenvalue weighted by atomic mass is 9.82. The van der Waals surface area contributed by atoms with Crippen LogP contribution >= 0.6 is 0 Å². The molecule has 5 nitrogen and oxygen atoms in total. The molecule has 0 amide bonds. The van der Waals surface area contributed by atoms with Crippen LogP contribution in [-0.4, -0.2) is 19.5 Å². The summed E-state index contributed by atoms with van der Waals surface area (Å²) in [4.78, 5) is 15.9. The van der Waals surface area contributed by atoms with E-state index >= 15 is 0 Å². The zero-order valence-electron chi connectivity index (χ0n) is 32.5. The minimum absolute atomic E-state index is 0.137. The van der Waals surface area contributed by atoms with Gasteiger partial charge in [0, 0.05) is 49.3 Å². The van der Waals surface area contributed by atoms with Gasteiger partial charge in [-0.2, -0.15) is 0 Å². The van der Waals surface area contributed by atoms with E-state index in [1.54, 1.807) is 0 Å². The highest BCUT2D eigenvalue weighted by Crippen LogP contribution is 2.51. The maximum atomic E-state index is 6.33. The van der Waals surface area contributed by atoms with Gasteiger partial charge in [0.15, 0.2) is 17.5 Å². The highest BCUT2D eigenvalue weighted by molar-refractivity contribution is 6.13. The molecule has 0 atom stereocenters. The number of hydrogen-bond donors (Lipinski definition) is 0. The molecule has 0 spiro atoms. The van der Waals surface area contributed by atoms with Crippen molar-refractivity contribution in [3.05, 3.63) is 193 Å². The Kier molecular flexibility index (Phi) is 7.20. The van der Waals surface area contributed by atoms with E-state index in [0.29, 0.717) is 17.5 Å². The fraction of sp³-hybridized carbons (Fsp3) is 0.0556. The lowest BCUT2D eigenvalue weighted by molar-refractivity contribution is 0.661. The van der Waals surface area contributed by atoms with E-state index in [9.17, 15) is 0 Å². The molecule has 1 aliphatic carbocycles. The number of rotatable bonds is 5. The third-order valence-electron chi connectivity index (χ3n) is 12.3. The van der Waals surface area contributed by atoms with Crippen molar-refractivity contribution < 1.29 is 4.42 Å². The van der Waals surface area contributed by atoms with Gasteiger partial charge in [0.05, 0.1) is 11.0 Å². The first-order chi connectivity index (χ1) is 29.0. The molecule has 0 aliphatic heterocycles. The van der Waals surface area contributed by atoms with Crippen LogP contribution in [0.1, 0.15) is 25.0 Å². The Bertz CT molecular complexity index is 3470. The van der Waals surface area contributed by atoms with Crippen molar-refractivity contribution in [1.82, 2.24) is 19.5 Å². The molecule has 0 radical (unpaired) electrons. The Balaban J connectivity index is 1.14. The van der Waals surface area contributed by atoms with Crippen LogP contribution in [0.2, 0.25) is 0 Å². The van der Waals surface area contributed by atoms with Crippen LogP contribution in [0.25, 0.3) is 106 Å². The number of nitrogens with zero attached hydrogens (tertiary/aromatic N) is 4. The molecule has 278 valence electrons. The summed E-state index contributed by atoms with van der Waals surface area (Å²) < 4.78 is 8.75. The van der Waals surface area contributed by atoms with Crippen molar-refractivity contribution in [2.75, 3.05) is 0 Å². The van der Waals surface area contributed by atoms with Crippen LogP contribution < -0.4 is 0 Å². The molecule has 11 aromatic rings. The number of hydrogen-bond acceptors (Lipinski definition) is 4. The first kappa shape index (κ1) is 33.5. The van der Waals surface area contributed by atoms with E-state index in [-0.39, 0.29) is 5.41 Å². The van der Waals surface area contributed by atoms with Gasteiger partial charge in [-0.25, -0.2) is 15.0 Å². The first-order valence-electron chi connectivity index (χ1n) is 20.1. The van der Waals surface area contributed by atoms with Gasteiger partial charge in [-0.05, 0) is 75.8 Å². The van der Waals surface area contributed by atoms with Crippen LogP contribution in [0.4, 0.5) is 0 Å². The second-order valence-electron chi connectivity index (χ2n) is 16.0. The number of benzene rings is 8. The lowest BCUT2D eigenvalue weighted by Gasteiger charge is -2.22. The molecule has 0 fully saturated rings. The lowest BCUT2D eigenvalue weighted by Crippen LogP contribution is -2.15. The number of fused-ring (bicyclic) bond motifs is 9. The predicted octanol–water partition coefficient (Wildman–Crippen LogP) is 13.8. The molecule has 0 N–H and O–H groups in total. The minimum Gasteiger partial charge on any atom is -0.456 e. The summed E-state index contributed by atoms with van der Waals surface area (Å²) >= 11 is 0. The maximum Gasteiger partial charge on any atom is 0.164 e. The van der Waals surface area contributed by atoms with Crippen molar-refractivity contribution in [2.24, 2.45) is 0 Å². The maximum absolute atomic E-state index is 6.33. The summed E-state index contributed by atoms with van der Waals surface area (Å²) in [6, 6.07) is 64.2. The summed E-state index contributed by atoms with van der Waals surface area (Å²) in [5, 5.41) is 4.46. The monoisotopic (exact) mass is 756 g/mol. The van der Waals surface area contributed by atoms with Crippen LogP contribution in [-0.2, 0) is 5.41 Å². The normalized spacial score (nSPS) is 13.1. The largest absolute Gasteiger partial charge is 0.456 e. The highest BCUT2D eigenvalue weighted by atomic mass is 16.3. The van der Waals surface area contributed by atoms with Crippen molar-refractivity contribution in [1.29, 1.82) is 0 Å².